The van der Waals surface area contributed by atoms with Gasteiger partial charge in [0.05, 0.1) is 29.0 Å². The van der Waals surface area contributed by atoms with Crippen LogP contribution in [0.1, 0.15) is 29.4 Å². The van der Waals surface area contributed by atoms with Crippen molar-refractivity contribution in [3.05, 3.63) is 59.2 Å². The summed E-state index contributed by atoms with van der Waals surface area (Å²) in [6.07, 6.45) is 3.82. The molecule has 24 heavy (non-hydrogen) atoms. The van der Waals surface area contributed by atoms with Crippen molar-refractivity contribution in [3.8, 4) is 6.07 Å². The first-order valence-electron chi connectivity index (χ1n) is 7.73. The van der Waals surface area contributed by atoms with Crippen molar-refractivity contribution in [2.45, 2.75) is 33.9 Å². The molecule has 0 spiro atoms. The lowest BCUT2D eigenvalue weighted by atomic mass is 10.2. The second kappa shape index (κ2) is 6.59. The van der Waals surface area contributed by atoms with Gasteiger partial charge in [0.25, 0.3) is 0 Å². The van der Waals surface area contributed by atoms with Gasteiger partial charge in [0.1, 0.15) is 12.7 Å². The molecule has 0 aromatic carbocycles. The average Bonchev–Trinajstić information content (AvgIpc) is 3.06. The van der Waals surface area contributed by atoms with E-state index in [4.69, 9.17) is 4.84 Å². The van der Waals surface area contributed by atoms with Gasteiger partial charge in [0.15, 0.2) is 0 Å². The van der Waals surface area contributed by atoms with Crippen molar-refractivity contribution >= 4 is 11.2 Å². The molecule has 0 fully saturated rings. The molecule has 0 aliphatic carbocycles. The highest BCUT2D eigenvalue weighted by Crippen LogP contribution is 2.18. The van der Waals surface area contributed by atoms with E-state index in [0.29, 0.717) is 12.1 Å². The molecule has 0 atom stereocenters. The monoisotopic (exact) mass is 321 g/mol. The number of nitriles is 1. The van der Waals surface area contributed by atoms with E-state index in [2.05, 4.69) is 16.3 Å². The number of fused-ring (bicyclic) bond motifs is 1. The molecule has 6 heteroatoms. The Morgan fingerprint density at radius 3 is 2.92 bits per heavy atom. The summed E-state index contributed by atoms with van der Waals surface area (Å²) in [5.41, 5.74) is 5.23. The van der Waals surface area contributed by atoms with E-state index >= 15 is 0 Å². The maximum absolute atomic E-state index is 9.38. The molecule has 0 N–H and O–H groups in total. The normalized spacial score (nSPS) is 11.7. The van der Waals surface area contributed by atoms with Gasteiger partial charge in [-0.05, 0) is 39.0 Å². The number of aromatic nitrogens is 3. The van der Waals surface area contributed by atoms with E-state index in [1.807, 2.05) is 66.5 Å². The lowest BCUT2D eigenvalue weighted by Gasteiger charge is -2.04. The number of pyridine rings is 1. The predicted molar refractivity (Wildman–Crippen MR) is 91.7 cm³/mol. The number of hydrogen-bond acceptors (Lipinski definition) is 4. The van der Waals surface area contributed by atoms with Gasteiger partial charge in [-0.15, -0.1) is 0 Å². The van der Waals surface area contributed by atoms with Gasteiger partial charge in [0.2, 0.25) is 0 Å². The fourth-order valence-electron chi connectivity index (χ4n) is 2.71. The maximum Gasteiger partial charge on any atom is 0.145 e. The number of nitrogens with zero attached hydrogens (tertiary/aromatic N) is 5. The van der Waals surface area contributed by atoms with Crippen molar-refractivity contribution in [3.63, 3.8) is 0 Å². The van der Waals surface area contributed by atoms with E-state index in [-0.39, 0.29) is 6.61 Å². The minimum absolute atomic E-state index is 0.263. The number of aryl methyl sites for hydroxylation is 2. The first-order valence-corrected chi connectivity index (χ1v) is 7.73. The zero-order valence-electron chi connectivity index (χ0n) is 14.0. The minimum Gasteiger partial charge on any atom is -0.391 e. The topological polar surface area (TPSA) is 67.6 Å². The van der Waals surface area contributed by atoms with Crippen LogP contribution < -0.4 is 0 Å². The molecule has 3 heterocycles. The van der Waals surface area contributed by atoms with Gasteiger partial charge >= 0.3 is 0 Å². The summed E-state index contributed by atoms with van der Waals surface area (Å²) >= 11 is 0. The largest absolute Gasteiger partial charge is 0.391 e. The fraction of sp³-hybridized carbons (Fsp3) is 0.278. The number of rotatable bonds is 5. The highest BCUT2D eigenvalue weighted by molar-refractivity contribution is 5.81. The van der Waals surface area contributed by atoms with Crippen LogP contribution in [0.5, 0.6) is 0 Å². The molecule has 3 aromatic rings. The van der Waals surface area contributed by atoms with Crippen molar-refractivity contribution in [2.24, 2.45) is 5.16 Å². The molecule has 3 rings (SSSR count). The van der Waals surface area contributed by atoms with Crippen LogP contribution in [0.2, 0.25) is 0 Å². The van der Waals surface area contributed by atoms with Crippen molar-refractivity contribution in [2.75, 3.05) is 0 Å². The maximum atomic E-state index is 9.38. The molecule has 6 nitrogen and oxygen atoms in total. The SMILES string of the molecule is C/C(Cn1nc(C)cc1C)=N\OCc1cn2ccccc2c1C#N. The predicted octanol–water partition coefficient (Wildman–Crippen LogP) is 3.22. The van der Waals surface area contributed by atoms with E-state index < -0.39 is 0 Å². The molecule has 0 saturated heterocycles. The summed E-state index contributed by atoms with van der Waals surface area (Å²) in [5.74, 6) is 0. The first-order chi connectivity index (χ1) is 11.6. The summed E-state index contributed by atoms with van der Waals surface area (Å²) in [6, 6.07) is 10.0. The minimum atomic E-state index is 0.263. The average molecular weight is 321 g/mol. The highest BCUT2D eigenvalue weighted by Gasteiger charge is 2.10. The molecular weight excluding hydrogens is 302 g/mol. The van der Waals surface area contributed by atoms with Gasteiger partial charge in [0, 0.05) is 23.7 Å². The second-order valence-electron chi connectivity index (χ2n) is 5.82. The molecule has 3 aromatic heterocycles. The third-order valence-corrected chi connectivity index (χ3v) is 3.80. The van der Waals surface area contributed by atoms with Crippen LogP contribution in [0, 0.1) is 25.2 Å². The van der Waals surface area contributed by atoms with E-state index in [1.54, 1.807) is 0 Å². The first kappa shape index (κ1) is 15.8. The van der Waals surface area contributed by atoms with Crippen molar-refractivity contribution < 1.29 is 4.84 Å². The highest BCUT2D eigenvalue weighted by atomic mass is 16.6. The Morgan fingerprint density at radius 1 is 1.38 bits per heavy atom. The van der Waals surface area contributed by atoms with Crippen LogP contribution in [0.3, 0.4) is 0 Å². The molecule has 0 radical (unpaired) electrons. The third-order valence-electron chi connectivity index (χ3n) is 3.80. The van der Waals surface area contributed by atoms with E-state index in [9.17, 15) is 5.26 Å². The molecule has 122 valence electrons. The van der Waals surface area contributed by atoms with Crippen LogP contribution in [0.4, 0.5) is 0 Å². The van der Waals surface area contributed by atoms with E-state index in [1.165, 1.54) is 0 Å². The Labute approximate surface area is 140 Å². The van der Waals surface area contributed by atoms with Gasteiger partial charge in [-0.1, -0.05) is 11.2 Å². The van der Waals surface area contributed by atoms with Crippen LogP contribution in [0.15, 0.2) is 41.8 Å². The molecule has 0 bridgehead atoms. The lowest BCUT2D eigenvalue weighted by molar-refractivity contribution is 0.129. The standard InChI is InChI=1S/C18H19N5O/c1-13-8-15(3)23(20-13)10-14(2)21-24-12-16-11-22-7-5-4-6-18(22)17(16)9-19/h4-8,11H,10,12H2,1-3H3/b21-14+. The summed E-state index contributed by atoms with van der Waals surface area (Å²) < 4.78 is 3.81. The molecular formula is C18H19N5O. The zero-order chi connectivity index (χ0) is 17.1. The van der Waals surface area contributed by atoms with E-state index in [0.717, 1.165) is 28.2 Å². The van der Waals surface area contributed by atoms with Crippen LogP contribution in [-0.2, 0) is 18.0 Å². The molecule has 0 aliphatic rings. The van der Waals surface area contributed by atoms with Crippen LogP contribution in [0.25, 0.3) is 5.52 Å². The Bertz CT molecular complexity index is 942. The van der Waals surface area contributed by atoms with Crippen molar-refractivity contribution in [1.82, 2.24) is 14.2 Å². The van der Waals surface area contributed by atoms with Crippen molar-refractivity contribution in [1.29, 1.82) is 5.26 Å². The third kappa shape index (κ3) is 3.15. The van der Waals surface area contributed by atoms with Gasteiger partial charge < -0.3 is 9.24 Å². The smallest absolute Gasteiger partial charge is 0.145 e. The molecule has 0 unspecified atom stereocenters. The second-order valence-corrected chi connectivity index (χ2v) is 5.82. The number of oxime groups is 1. The molecule has 0 amide bonds. The Balaban J connectivity index is 1.70. The fourth-order valence-corrected chi connectivity index (χ4v) is 2.71. The molecule has 0 saturated carbocycles. The lowest BCUT2D eigenvalue weighted by Crippen LogP contribution is -2.10. The van der Waals surface area contributed by atoms with Crippen LogP contribution >= 0.6 is 0 Å². The Kier molecular flexibility index (Phi) is 4.34. The Morgan fingerprint density at radius 2 is 2.21 bits per heavy atom. The van der Waals surface area contributed by atoms with Gasteiger partial charge in [-0.25, -0.2) is 0 Å². The summed E-state index contributed by atoms with van der Waals surface area (Å²) in [5, 5.41) is 17.9. The summed E-state index contributed by atoms with van der Waals surface area (Å²) in [7, 11) is 0. The zero-order valence-corrected chi connectivity index (χ0v) is 14.0. The quantitative estimate of drug-likeness (QED) is 0.535. The summed E-state index contributed by atoms with van der Waals surface area (Å²) in [4.78, 5) is 5.45. The van der Waals surface area contributed by atoms with Gasteiger partial charge in [-0.2, -0.15) is 10.4 Å². The summed E-state index contributed by atoms with van der Waals surface area (Å²) in [6.45, 7) is 6.73. The van der Waals surface area contributed by atoms with Gasteiger partial charge in [-0.3, -0.25) is 4.68 Å². The molecule has 0 aliphatic heterocycles. The van der Waals surface area contributed by atoms with Crippen LogP contribution in [-0.4, -0.2) is 19.9 Å². The number of hydrogen-bond donors (Lipinski definition) is 0. The Hall–Kier alpha value is -3.07.